The molecular formula is C47H65N3O7S. The van der Waals surface area contributed by atoms with Crippen molar-refractivity contribution in [3.05, 3.63) is 133 Å². The molecule has 11 heteroatoms. The Morgan fingerprint density at radius 2 is 1.40 bits per heavy atom. The molecule has 10 nitrogen and oxygen atoms in total. The van der Waals surface area contributed by atoms with Crippen LogP contribution in [0.2, 0.25) is 0 Å². The van der Waals surface area contributed by atoms with E-state index < -0.39 is 28.3 Å². The molecule has 0 radical (unpaired) electrons. The standard InChI is InChI=1S/C47H65N3O7S/c1-4-5-6-7-8-9-10-11-12-13-14-15-16-17-18-19-20-21-25-28-46(52)48-41-29-31-43(32-30-41)58(54,55)50(36-39(2)3)37-45(51)44(35-40-26-23-22-24-27-40)49-47(53)57-42-33-34-56-38-42/h5-6,8-9,11-12,14-15,17-18,20-24,26-27,29-32,39,42,44-45,51H,4,7,10,13,16,19,25,28,33-38H2,1-3H3,(H,48,52)(H,49,53)/b6-5-,9-8-,12-11-,15-14-,18-17-,21-20-/t42-,44-,45+/m0/s1. The van der Waals surface area contributed by atoms with E-state index in [9.17, 15) is 23.1 Å². The number of nitrogens with zero attached hydrogens (tertiary/aromatic N) is 1. The molecule has 1 aliphatic rings. The van der Waals surface area contributed by atoms with Gasteiger partial charge in [0.1, 0.15) is 6.10 Å². The van der Waals surface area contributed by atoms with Crippen LogP contribution < -0.4 is 10.6 Å². The number of anilines is 1. The van der Waals surface area contributed by atoms with Gasteiger partial charge >= 0.3 is 6.09 Å². The summed E-state index contributed by atoms with van der Waals surface area (Å²) in [6, 6.07) is 14.6. The molecule has 1 aliphatic heterocycles. The predicted octanol–water partition coefficient (Wildman–Crippen LogP) is 9.24. The second kappa shape index (κ2) is 28.0. The van der Waals surface area contributed by atoms with Crippen molar-refractivity contribution in [1.82, 2.24) is 9.62 Å². The van der Waals surface area contributed by atoms with Gasteiger partial charge in [-0.1, -0.05) is 124 Å². The Morgan fingerprint density at radius 1 is 0.828 bits per heavy atom. The van der Waals surface area contributed by atoms with Gasteiger partial charge in [0.15, 0.2) is 0 Å². The molecule has 0 unspecified atom stereocenters. The first-order valence-corrected chi connectivity index (χ1v) is 22.1. The quantitative estimate of drug-likeness (QED) is 0.0807. The molecule has 0 aromatic heterocycles. The van der Waals surface area contributed by atoms with E-state index in [1.807, 2.05) is 56.3 Å². The molecule has 0 bridgehead atoms. The van der Waals surface area contributed by atoms with E-state index in [4.69, 9.17) is 9.47 Å². The molecule has 1 fully saturated rings. The van der Waals surface area contributed by atoms with Crippen LogP contribution in [0.25, 0.3) is 0 Å². The van der Waals surface area contributed by atoms with Gasteiger partial charge in [0.05, 0.1) is 30.3 Å². The summed E-state index contributed by atoms with van der Waals surface area (Å²) < 4.78 is 39.9. The van der Waals surface area contributed by atoms with Gasteiger partial charge in [0, 0.05) is 31.6 Å². The average molecular weight is 816 g/mol. The number of sulfonamides is 1. The van der Waals surface area contributed by atoms with Crippen molar-refractivity contribution in [2.45, 2.75) is 108 Å². The molecule has 2 aromatic rings. The predicted molar refractivity (Wildman–Crippen MR) is 235 cm³/mol. The molecule has 316 valence electrons. The number of carbonyl (C=O) groups is 2. The number of aliphatic hydroxyl groups is 1. The summed E-state index contributed by atoms with van der Waals surface area (Å²) in [6.07, 6.45) is 30.8. The summed E-state index contributed by atoms with van der Waals surface area (Å²) in [5, 5.41) is 17.1. The van der Waals surface area contributed by atoms with Crippen LogP contribution in [0.4, 0.5) is 10.5 Å². The number of aliphatic hydroxyl groups excluding tert-OH is 1. The van der Waals surface area contributed by atoms with E-state index in [1.54, 1.807) is 12.1 Å². The van der Waals surface area contributed by atoms with Crippen molar-refractivity contribution < 1.29 is 32.6 Å². The molecule has 1 saturated heterocycles. The molecule has 2 amide bonds. The van der Waals surface area contributed by atoms with Crippen molar-refractivity contribution in [3.63, 3.8) is 0 Å². The Labute approximate surface area is 347 Å². The van der Waals surface area contributed by atoms with Crippen molar-refractivity contribution in [2.24, 2.45) is 5.92 Å². The maximum atomic E-state index is 13.9. The molecule has 0 aliphatic carbocycles. The highest BCUT2D eigenvalue weighted by Gasteiger charge is 2.32. The fourth-order valence-corrected chi connectivity index (χ4v) is 7.67. The summed E-state index contributed by atoms with van der Waals surface area (Å²) in [5.41, 5.74) is 1.35. The van der Waals surface area contributed by atoms with Gasteiger partial charge in [-0.2, -0.15) is 4.31 Å². The summed E-state index contributed by atoms with van der Waals surface area (Å²) in [6.45, 7) is 6.65. The summed E-state index contributed by atoms with van der Waals surface area (Å²) in [4.78, 5) is 25.5. The monoisotopic (exact) mass is 815 g/mol. The third-order valence-corrected chi connectivity index (χ3v) is 10.9. The van der Waals surface area contributed by atoms with Crippen LogP contribution in [-0.4, -0.2) is 74.4 Å². The number of benzene rings is 2. The number of rotatable bonds is 26. The number of hydrogen-bond acceptors (Lipinski definition) is 7. The number of alkyl carbamates (subject to hydrolysis) is 1. The Bertz CT molecular complexity index is 1760. The Morgan fingerprint density at radius 3 is 1.93 bits per heavy atom. The van der Waals surface area contributed by atoms with Crippen molar-refractivity contribution >= 4 is 27.7 Å². The van der Waals surface area contributed by atoms with Crippen molar-refractivity contribution in [1.29, 1.82) is 0 Å². The van der Waals surface area contributed by atoms with Gasteiger partial charge in [-0.25, -0.2) is 13.2 Å². The number of amides is 2. The van der Waals surface area contributed by atoms with E-state index in [0.717, 1.165) is 44.1 Å². The normalized spacial score (nSPS) is 16.3. The topological polar surface area (TPSA) is 134 Å². The van der Waals surface area contributed by atoms with E-state index in [-0.39, 0.29) is 42.3 Å². The lowest BCUT2D eigenvalue weighted by Crippen LogP contribution is -2.51. The van der Waals surface area contributed by atoms with Crippen LogP contribution in [-0.2, 0) is 30.7 Å². The largest absolute Gasteiger partial charge is 0.444 e. The van der Waals surface area contributed by atoms with Gasteiger partial charge in [-0.3, -0.25) is 4.79 Å². The number of hydrogen-bond donors (Lipinski definition) is 3. The third-order valence-electron chi connectivity index (χ3n) is 9.10. The van der Waals surface area contributed by atoms with Crippen LogP contribution in [0.5, 0.6) is 0 Å². The van der Waals surface area contributed by atoms with Crippen LogP contribution in [0.1, 0.15) is 84.1 Å². The van der Waals surface area contributed by atoms with Crippen LogP contribution >= 0.6 is 0 Å². The Balaban J connectivity index is 1.46. The lowest BCUT2D eigenvalue weighted by Gasteiger charge is -2.30. The average Bonchev–Trinajstić information content (AvgIpc) is 3.71. The maximum absolute atomic E-state index is 13.9. The van der Waals surface area contributed by atoms with Gasteiger partial charge in [0.25, 0.3) is 0 Å². The van der Waals surface area contributed by atoms with Gasteiger partial charge in [0.2, 0.25) is 15.9 Å². The van der Waals surface area contributed by atoms with Crippen LogP contribution in [0.15, 0.2) is 132 Å². The maximum Gasteiger partial charge on any atom is 0.407 e. The lowest BCUT2D eigenvalue weighted by molar-refractivity contribution is -0.116. The molecule has 3 N–H and O–H groups in total. The van der Waals surface area contributed by atoms with Gasteiger partial charge in [-0.15, -0.1) is 0 Å². The molecule has 3 atom stereocenters. The highest BCUT2D eigenvalue weighted by Crippen LogP contribution is 2.22. The first-order chi connectivity index (χ1) is 28.1. The van der Waals surface area contributed by atoms with Gasteiger partial charge in [-0.05, 0) is 87.1 Å². The second-order valence-electron chi connectivity index (χ2n) is 14.6. The Kier molecular flexibility index (Phi) is 23.1. The van der Waals surface area contributed by atoms with E-state index in [0.29, 0.717) is 38.2 Å². The molecule has 0 saturated carbocycles. The first kappa shape index (κ1) is 47.8. The highest BCUT2D eigenvalue weighted by molar-refractivity contribution is 7.89. The molecule has 1 heterocycles. The van der Waals surface area contributed by atoms with Crippen LogP contribution in [0, 0.1) is 5.92 Å². The number of carbonyl (C=O) groups excluding carboxylic acids is 2. The zero-order valence-corrected chi connectivity index (χ0v) is 35.4. The van der Waals surface area contributed by atoms with E-state index >= 15 is 0 Å². The molecule has 2 aromatic carbocycles. The summed E-state index contributed by atoms with van der Waals surface area (Å²) in [5.74, 6) is -0.217. The lowest BCUT2D eigenvalue weighted by atomic mass is 10.0. The third kappa shape index (κ3) is 19.7. The smallest absolute Gasteiger partial charge is 0.407 e. The van der Waals surface area contributed by atoms with Crippen molar-refractivity contribution in [2.75, 3.05) is 31.6 Å². The minimum Gasteiger partial charge on any atom is -0.444 e. The SMILES string of the molecule is CC/C=C\C/C=C\C/C=C\C/C=C\C/C=C\C/C=C\CCC(=O)Nc1ccc(S(=O)(=O)N(CC(C)C)C[C@@H](O)[C@H](Cc2ccccc2)NC(=O)O[C@H]2CCOC2)cc1. The Hall–Kier alpha value is -4.55. The summed E-state index contributed by atoms with van der Waals surface area (Å²) in [7, 11) is -4.06. The first-order valence-electron chi connectivity index (χ1n) is 20.6. The fraction of sp³-hybridized carbons (Fsp3) is 0.447. The minimum absolute atomic E-state index is 0.0320. The van der Waals surface area contributed by atoms with Crippen LogP contribution in [0.3, 0.4) is 0 Å². The van der Waals surface area contributed by atoms with Gasteiger partial charge < -0.3 is 25.2 Å². The minimum atomic E-state index is -4.06. The van der Waals surface area contributed by atoms with Crippen molar-refractivity contribution in [3.8, 4) is 0 Å². The molecule has 58 heavy (non-hydrogen) atoms. The number of nitrogens with one attached hydrogen (secondary N) is 2. The zero-order valence-electron chi connectivity index (χ0n) is 34.6. The number of ether oxygens (including phenoxy) is 2. The summed E-state index contributed by atoms with van der Waals surface area (Å²) >= 11 is 0. The highest BCUT2D eigenvalue weighted by atomic mass is 32.2. The zero-order chi connectivity index (χ0) is 41.9. The van der Waals surface area contributed by atoms with E-state index in [2.05, 4.69) is 78.3 Å². The fourth-order valence-electron chi connectivity index (χ4n) is 6.04. The molecule has 3 rings (SSSR count). The second-order valence-corrected chi connectivity index (χ2v) is 16.6. The molecule has 0 spiro atoms. The van der Waals surface area contributed by atoms with E-state index in [1.165, 1.54) is 16.4 Å². The molecular weight excluding hydrogens is 751 g/mol. The number of allylic oxidation sites excluding steroid dienone is 12.